The Morgan fingerprint density at radius 3 is 2.03 bits per heavy atom. The van der Waals surface area contributed by atoms with Gasteiger partial charge in [-0.25, -0.2) is 0 Å². The van der Waals surface area contributed by atoms with E-state index in [0.717, 1.165) is 31.2 Å². The number of nitrogens with zero attached hydrogens (tertiary/aromatic N) is 2. The van der Waals surface area contributed by atoms with Crippen LogP contribution in [0, 0.1) is 11.3 Å². The van der Waals surface area contributed by atoms with Crippen LogP contribution >= 0.6 is 0 Å². The normalized spacial score (nSPS) is 24.7. The number of nitrogens with two attached hydrogens (primary N) is 1. The monoisotopic (exact) mass is 471 g/mol. The van der Waals surface area contributed by atoms with Crippen LogP contribution in [0.25, 0.3) is 0 Å². The van der Waals surface area contributed by atoms with E-state index in [1.807, 2.05) is 17.0 Å². The van der Waals surface area contributed by atoms with Crippen LogP contribution in [0.3, 0.4) is 0 Å². The van der Waals surface area contributed by atoms with Crippen LogP contribution in [0.5, 0.6) is 0 Å². The van der Waals surface area contributed by atoms with Gasteiger partial charge in [-0.1, -0.05) is 24.3 Å². The van der Waals surface area contributed by atoms with Crippen LogP contribution in [0.2, 0.25) is 0 Å². The molecule has 2 saturated carbocycles. The predicted octanol–water partition coefficient (Wildman–Crippen LogP) is 4.73. The van der Waals surface area contributed by atoms with Crippen molar-refractivity contribution in [3.05, 3.63) is 70.8 Å². The topological polar surface area (TPSA) is 90.3 Å². The molecule has 0 saturated heterocycles. The average Bonchev–Trinajstić information content (AvgIpc) is 3.65. The Labute approximate surface area is 197 Å². The SMILES string of the molecule is C[C@](O)(c1ccc(C(=O)N(C2CC2)C2CCC(N)(c3ccc(C#N)cc3)CC2)cc1)C(F)(F)F. The quantitative estimate of drug-likeness (QED) is 0.660. The Morgan fingerprint density at radius 2 is 1.56 bits per heavy atom. The molecule has 0 bridgehead atoms. The van der Waals surface area contributed by atoms with E-state index in [9.17, 15) is 23.1 Å². The molecular weight excluding hydrogens is 443 g/mol. The summed E-state index contributed by atoms with van der Waals surface area (Å²) in [6, 6.07) is 14.6. The first-order chi connectivity index (χ1) is 16.0. The first-order valence-corrected chi connectivity index (χ1v) is 11.5. The minimum absolute atomic E-state index is 0.00742. The minimum atomic E-state index is -4.82. The lowest BCUT2D eigenvalue weighted by molar-refractivity contribution is -0.258. The van der Waals surface area contributed by atoms with Gasteiger partial charge in [-0.3, -0.25) is 4.79 Å². The molecule has 8 heteroatoms. The van der Waals surface area contributed by atoms with Gasteiger partial charge in [0.2, 0.25) is 0 Å². The number of carbonyl (C=O) groups excluding carboxylic acids is 1. The lowest BCUT2D eigenvalue weighted by atomic mass is 9.75. The van der Waals surface area contributed by atoms with E-state index in [-0.39, 0.29) is 23.6 Å². The van der Waals surface area contributed by atoms with Crippen molar-refractivity contribution in [3.8, 4) is 6.07 Å². The van der Waals surface area contributed by atoms with Crippen molar-refractivity contribution in [2.75, 3.05) is 0 Å². The van der Waals surface area contributed by atoms with Gasteiger partial charge in [-0.15, -0.1) is 0 Å². The van der Waals surface area contributed by atoms with E-state index >= 15 is 0 Å². The predicted molar refractivity (Wildman–Crippen MR) is 121 cm³/mol. The van der Waals surface area contributed by atoms with Crippen LogP contribution in [-0.4, -0.2) is 34.2 Å². The first kappa shape index (κ1) is 24.2. The van der Waals surface area contributed by atoms with Crippen molar-refractivity contribution in [2.24, 2.45) is 5.73 Å². The highest BCUT2D eigenvalue weighted by molar-refractivity contribution is 5.95. The summed E-state index contributed by atoms with van der Waals surface area (Å²) in [5.74, 6) is -0.200. The van der Waals surface area contributed by atoms with Gasteiger partial charge in [0.15, 0.2) is 5.60 Å². The summed E-state index contributed by atoms with van der Waals surface area (Å²) in [5.41, 5.74) is 4.76. The molecule has 0 spiro atoms. The first-order valence-electron chi connectivity index (χ1n) is 11.5. The number of hydrogen-bond acceptors (Lipinski definition) is 4. The zero-order valence-corrected chi connectivity index (χ0v) is 19.0. The summed E-state index contributed by atoms with van der Waals surface area (Å²) in [6.07, 6.45) is -0.177. The number of alkyl halides is 3. The molecule has 34 heavy (non-hydrogen) atoms. The fourth-order valence-electron chi connectivity index (χ4n) is 4.79. The van der Waals surface area contributed by atoms with Gasteiger partial charge in [-0.05, 0) is 80.8 Å². The fraction of sp³-hybridized carbons (Fsp3) is 0.462. The number of nitriles is 1. The second-order valence-corrected chi connectivity index (χ2v) is 9.67. The van der Waals surface area contributed by atoms with E-state index < -0.39 is 17.3 Å². The highest BCUT2D eigenvalue weighted by Gasteiger charge is 2.51. The maximum absolute atomic E-state index is 13.4. The van der Waals surface area contributed by atoms with Crippen molar-refractivity contribution in [1.29, 1.82) is 5.26 Å². The third-order valence-corrected chi connectivity index (χ3v) is 7.25. The zero-order valence-electron chi connectivity index (χ0n) is 19.0. The van der Waals surface area contributed by atoms with Crippen LogP contribution < -0.4 is 5.73 Å². The highest BCUT2D eigenvalue weighted by Crippen LogP contribution is 2.41. The Balaban J connectivity index is 1.48. The van der Waals surface area contributed by atoms with E-state index in [1.54, 1.807) is 12.1 Å². The lowest BCUT2D eigenvalue weighted by Crippen LogP contribution is -2.49. The second-order valence-electron chi connectivity index (χ2n) is 9.67. The van der Waals surface area contributed by atoms with Gasteiger partial charge in [0, 0.05) is 23.2 Å². The maximum Gasteiger partial charge on any atom is 0.421 e. The average molecular weight is 472 g/mol. The largest absolute Gasteiger partial charge is 0.421 e. The standard InChI is InChI=1S/C26H28F3N3O2/c1-24(34,26(27,28)29)19-8-4-18(5-9-19)23(33)32(21-10-11-21)22-12-14-25(31,15-13-22)20-6-2-17(16-30)3-7-20/h2-9,21-22,34H,10-15,31H2,1H3/t22?,24-,25?/m0/s1. The second kappa shape index (κ2) is 8.71. The smallest absolute Gasteiger partial charge is 0.376 e. The van der Waals surface area contributed by atoms with Gasteiger partial charge >= 0.3 is 6.18 Å². The summed E-state index contributed by atoms with van der Waals surface area (Å²) in [6.45, 7) is 0.704. The molecule has 2 aromatic rings. The third kappa shape index (κ3) is 4.55. The number of aliphatic hydroxyl groups is 1. The van der Waals surface area contributed by atoms with Crippen LogP contribution in [-0.2, 0) is 11.1 Å². The number of hydrogen-bond donors (Lipinski definition) is 2. The minimum Gasteiger partial charge on any atom is -0.376 e. The van der Waals surface area contributed by atoms with Gasteiger partial charge in [0.25, 0.3) is 5.91 Å². The molecule has 2 aliphatic carbocycles. The molecule has 3 N–H and O–H groups in total. The molecule has 1 atom stereocenters. The van der Waals surface area contributed by atoms with E-state index in [2.05, 4.69) is 6.07 Å². The van der Waals surface area contributed by atoms with E-state index in [0.29, 0.717) is 30.9 Å². The number of rotatable bonds is 5. The van der Waals surface area contributed by atoms with Crippen LogP contribution in [0.15, 0.2) is 48.5 Å². The molecule has 4 rings (SSSR count). The Hall–Kier alpha value is -2.89. The van der Waals surface area contributed by atoms with E-state index in [1.165, 1.54) is 24.3 Å². The molecular formula is C26H28F3N3O2. The molecule has 0 aromatic heterocycles. The van der Waals surface area contributed by atoms with Crippen molar-refractivity contribution in [1.82, 2.24) is 4.90 Å². The van der Waals surface area contributed by atoms with Crippen molar-refractivity contribution in [2.45, 2.75) is 74.8 Å². The zero-order chi connectivity index (χ0) is 24.7. The lowest BCUT2D eigenvalue weighted by Gasteiger charge is -2.42. The molecule has 0 heterocycles. The summed E-state index contributed by atoms with van der Waals surface area (Å²) in [5, 5.41) is 18.9. The molecule has 1 amide bonds. The summed E-state index contributed by atoms with van der Waals surface area (Å²) >= 11 is 0. The summed E-state index contributed by atoms with van der Waals surface area (Å²) in [4.78, 5) is 15.2. The Kier molecular flexibility index (Phi) is 6.21. The van der Waals surface area contributed by atoms with Gasteiger partial charge < -0.3 is 15.7 Å². The van der Waals surface area contributed by atoms with Gasteiger partial charge in [-0.2, -0.15) is 18.4 Å². The fourth-order valence-corrected chi connectivity index (χ4v) is 4.79. The molecule has 180 valence electrons. The molecule has 2 aromatic carbocycles. The van der Waals surface area contributed by atoms with Crippen LogP contribution in [0.1, 0.15) is 72.5 Å². The summed E-state index contributed by atoms with van der Waals surface area (Å²) in [7, 11) is 0. The number of halogens is 3. The number of amides is 1. The number of carbonyl (C=O) groups is 1. The van der Waals surface area contributed by atoms with Crippen LogP contribution in [0.4, 0.5) is 13.2 Å². The van der Waals surface area contributed by atoms with Crippen molar-refractivity contribution < 1.29 is 23.1 Å². The van der Waals surface area contributed by atoms with Gasteiger partial charge in [0.05, 0.1) is 11.6 Å². The Bertz CT molecular complexity index is 1080. The molecule has 0 radical (unpaired) electrons. The van der Waals surface area contributed by atoms with E-state index in [4.69, 9.17) is 11.0 Å². The molecule has 2 fully saturated rings. The van der Waals surface area contributed by atoms with Gasteiger partial charge in [0.1, 0.15) is 0 Å². The Morgan fingerprint density at radius 1 is 1.03 bits per heavy atom. The van der Waals surface area contributed by atoms with Crippen molar-refractivity contribution in [3.63, 3.8) is 0 Å². The van der Waals surface area contributed by atoms with Crippen molar-refractivity contribution >= 4 is 5.91 Å². The molecule has 2 aliphatic rings. The molecule has 0 unspecified atom stereocenters. The maximum atomic E-state index is 13.4. The summed E-state index contributed by atoms with van der Waals surface area (Å²) < 4.78 is 39.4. The third-order valence-electron chi connectivity index (χ3n) is 7.25. The molecule has 5 nitrogen and oxygen atoms in total. The molecule has 0 aliphatic heterocycles. The highest BCUT2D eigenvalue weighted by atomic mass is 19.4. The number of benzene rings is 2.